The predicted molar refractivity (Wildman–Crippen MR) is 188 cm³/mol. The molecule has 2 bridgehead atoms. The summed E-state index contributed by atoms with van der Waals surface area (Å²) in [5.74, 6) is 0.583. The number of carbonyl (C=O) groups excluding carboxylic acids is 1. The van der Waals surface area contributed by atoms with E-state index in [0.717, 1.165) is 74.6 Å². The number of nitrogens with one attached hydrogen (secondary N) is 1. The summed E-state index contributed by atoms with van der Waals surface area (Å²) >= 11 is 6.37. The van der Waals surface area contributed by atoms with Crippen LogP contribution in [0.3, 0.4) is 0 Å². The van der Waals surface area contributed by atoms with Gasteiger partial charge in [0.25, 0.3) is 5.91 Å². The molecule has 6 rings (SSSR count). The van der Waals surface area contributed by atoms with E-state index in [9.17, 15) is 13.2 Å². The van der Waals surface area contributed by atoms with E-state index >= 15 is 0 Å². The Morgan fingerprint density at radius 1 is 1.04 bits per heavy atom. The second-order valence-electron chi connectivity index (χ2n) is 14.4. The average molecular weight is 684 g/mol. The van der Waals surface area contributed by atoms with Crippen LogP contribution in [0.2, 0.25) is 5.02 Å². The summed E-state index contributed by atoms with van der Waals surface area (Å²) in [7, 11) is -3.93. The van der Waals surface area contributed by atoms with Crippen molar-refractivity contribution in [3.05, 3.63) is 70.3 Å². The van der Waals surface area contributed by atoms with E-state index in [1.165, 1.54) is 5.56 Å². The third-order valence-electron chi connectivity index (χ3n) is 11.1. The fourth-order valence-electron chi connectivity index (χ4n) is 7.74. The van der Waals surface area contributed by atoms with Gasteiger partial charge in [0.05, 0.1) is 17.5 Å². The number of sulfonamides is 1. The third-order valence-corrected chi connectivity index (χ3v) is 13.2. The van der Waals surface area contributed by atoms with Gasteiger partial charge in [0, 0.05) is 42.8 Å². The van der Waals surface area contributed by atoms with Gasteiger partial charge in [-0.15, -0.1) is 0 Å². The highest BCUT2D eigenvalue weighted by Crippen LogP contribution is 2.48. The zero-order valence-corrected chi connectivity index (χ0v) is 29.8. The van der Waals surface area contributed by atoms with Crippen LogP contribution in [-0.2, 0) is 27.8 Å². The SMILES string of the molecule is CC(C)N1CCO[C@]2(/C=C/C[C@H](C)[C@@H](C)S(=O)(=O)NC(=O)c3ccc4c(c3)N(CCCCc3cc(Cl)ccc3CO4)C[C@@H]3CC[C@H]32)C1. The van der Waals surface area contributed by atoms with Crippen LogP contribution in [0.4, 0.5) is 5.69 Å². The fraction of sp³-hybridized carbons (Fsp3) is 0.595. The monoisotopic (exact) mass is 683 g/mol. The first-order valence-corrected chi connectivity index (χ1v) is 19.3. The number of anilines is 1. The van der Waals surface area contributed by atoms with Crippen molar-refractivity contribution in [3.8, 4) is 5.75 Å². The quantitative estimate of drug-likeness (QED) is 0.339. The molecule has 10 heteroatoms. The molecule has 1 aliphatic carbocycles. The van der Waals surface area contributed by atoms with E-state index < -0.39 is 26.8 Å². The third kappa shape index (κ3) is 7.38. The second-order valence-corrected chi connectivity index (χ2v) is 16.9. The number of amides is 1. The van der Waals surface area contributed by atoms with E-state index in [2.05, 4.69) is 40.5 Å². The molecular weight excluding hydrogens is 634 g/mol. The van der Waals surface area contributed by atoms with Crippen LogP contribution in [0.1, 0.15) is 81.3 Å². The summed E-state index contributed by atoms with van der Waals surface area (Å²) < 4.78 is 42.6. The van der Waals surface area contributed by atoms with Gasteiger partial charge in [-0.3, -0.25) is 9.69 Å². The number of halogens is 1. The summed E-state index contributed by atoms with van der Waals surface area (Å²) in [6.45, 7) is 12.5. The van der Waals surface area contributed by atoms with Gasteiger partial charge >= 0.3 is 0 Å². The second kappa shape index (κ2) is 14.1. The molecule has 2 aromatic carbocycles. The highest BCUT2D eigenvalue weighted by molar-refractivity contribution is 7.90. The molecule has 1 N–H and O–H groups in total. The molecule has 47 heavy (non-hydrogen) atoms. The van der Waals surface area contributed by atoms with Gasteiger partial charge in [-0.25, -0.2) is 13.1 Å². The Kier molecular flexibility index (Phi) is 10.3. The van der Waals surface area contributed by atoms with Gasteiger partial charge in [-0.2, -0.15) is 0 Å². The van der Waals surface area contributed by atoms with Crippen molar-refractivity contribution in [1.29, 1.82) is 0 Å². The van der Waals surface area contributed by atoms with Crippen molar-refractivity contribution in [3.63, 3.8) is 0 Å². The number of rotatable bonds is 1. The molecule has 5 atom stereocenters. The molecule has 2 aromatic rings. The van der Waals surface area contributed by atoms with E-state index in [0.29, 0.717) is 48.8 Å². The standard InChI is InChI=1S/C37H50ClN3O5S/c1-25(2)41-18-19-46-37(24-41)16-7-8-26(3)27(4)47(43,44)39-36(42)29-12-15-35-34(21-29)40(22-30-11-14-33(30)37)17-6-5-9-28-20-32(38)13-10-31(28)23-45-35/h7,10,12-13,15-16,20-21,25-27,30,33H,5-6,8-9,11,14,17-19,22-24H2,1-4H3,(H,39,42)/b16-7+/t26-,27+,30-,33+,37+/m0/s1. The first kappa shape index (κ1) is 34.3. The van der Waals surface area contributed by atoms with Gasteiger partial charge < -0.3 is 14.4 Å². The smallest absolute Gasteiger partial charge is 0.264 e. The molecule has 0 aromatic heterocycles. The maximum atomic E-state index is 13.5. The number of carbonyl (C=O) groups is 1. The Morgan fingerprint density at radius 2 is 1.87 bits per heavy atom. The molecular formula is C37H50ClN3O5S. The lowest BCUT2D eigenvalue weighted by Gasteiger charge is -2.54. The average Bonchev–Trinajstić information content (AvgIpc) is 3.05. The van der Waals surface area contributed by atoms with E-state index in [4.69, 9.17) is 21.1 Å². The number of nitrogens with zero attached hydrogens (tertiary/aromatic N) is 2. The molecule has 256 valence electrons. The first-order valence-electron chi connectivity index (χ1n) is 17.4. The number of benzene rings is 2. The van der Waals surface area contributed by atoms with E-state index in [1.54, 1.807) is 13.0 Å². The Hall–Kier alpha value is -2.59. The molecule has 2 fully saturated rings. The van der Waals surface area contributed by atoms with Crippen LogP contribution in [0.15, 0.2) is 48.6 Å². The zero-order valence-electron chi connectivity index (χ0n) is 28.2. The van der Waals surface area contributed by atoms with Crippen molar-refractivity contribution in [2.24, 2.45) is 17.8 Å². The minimum absolute atomic E-state index is 0.197. The Morgan fingerprint density at radius 3 is 2.64 bits per heavy atom. The summed E-state index contributed by atoms with van der Waals surface area (Å²) in [5, 5.41) is -0.0384. The van der Waals surface area contributed by atoms with Crippen LogP contribution < -0.4 is 14.4 Å². The summed E-state index contributed by atoms with van der Waals surface area (Å²) in [4.78, 5) is 18.4. The fourth-order valence-corrected chi connectivity index (χ4v) is 9.22. The molecule has 1 amide bonds. The van der Waals surface area contributed by atoms with Crippen LogP contribution >= 0.6 is 11.6 Å². The summed E-state index contributed by atoms with van der Waals surface area (Å²) in [6, 6.07) is 11.7. The van der Waals surface area contributed by atoms with E-state index in [1.807, 2.05) is 37.3 Å². The molecule has 1 saturated carbocycles. The molecule has 3 heterocycles. The number of ether oxygens (including phenoxy) is 2. The van der Waals surface area contributed by atoms with Gasteiger partial charge in [-0.1, -0.05) is 36.7 Å². The van der Waals surface area contributed by atoms with Gasteiger partial charge in [-0.05, 0) is 119 Å². The Balaban J connectivity index is 1.41. The first-order chi connectivity index (χ1) is 22.5. The number of morpholine rings is 1. The molecule has 3 aliphatic heterocycles. The molecule has 0 radical (unpaired) electrons. The van der Waals surface area contributed by atoms with Crippen molar-refractivity contribution in [2.45, 2.75) is 89.7 Å². The largest absolute Gasteiger partial charge is 0.487 e. The Bertz CT molecular complexity index is 1600. The van der Waals surface area contributed by atoms with Crippen molar-refractivity contribution in [2.75, 3.05) is 37.7 Å². The lowest BCUT2D eigenvalue weighted by molar-refractivity contribution is -0.149. The van der Waals surface area contributed by atoms with Gasteiger partial charge in [0.2, 0.25) is 10.0 Å². The van der Waals surface area contributed by atoms with E-state index in [-0.39, 0.29) is 5.92 Å². The molecule has 4 aliphatic rings. The minimum Gasteiger partial charge on any atom is -0.487 e. The topological polar surface area (TPSA) is 88.2 Å². The number of hydrogen-bond donors (Lipinski definition) is 1. The highest BCUT2D eigenvalue weighted by atomic mass is 35.5. The van der Waals surface area contributed by atoms with Crippen molar-refractivity contribution < 1.29 is 22.7 Å². The highest BCUT2D eigenvalue weighted by Gasteiger charge is 2.50. The van der Waals surface area contributed by atoms with Crippen LogP contribution in [0.5, 0.6) is 5.75 Å². The normalized spacial score (nSPS) is 31.0. The van der Waals surface area contributed by atoms with Gasteiger partial charge in [0.1, 0.15) is 18.0 Å². The lowest BCUT2D eigenvalue weighted by atomic mass is 9.63. The number of aryl methyl sites for hydroxylation is 1. The van der Waals surface area contributed by atoms with Gasteiger partial charge in [0.15, 0.2) is 0 Å². The maximum absolute atomic E-state index is 13.5. The minimum atomic E-state index is -3.93. The molecule has 1 saturated heterocycles. The lowest BCUT2D eigenvalue weighted by Crippen LogP contribution is -2.61. The van der Waals surface area contributed by atoms with Crippen molar-refractivity contribution >= 4 is 33.2 Å². The molecule has 0 unspecified atom stereocenters. The zero-order chi connectivity index (χ0) is 33.3. The van der Waals surface area contributed by atoms with Crippen molar-refractivity contribution in [1.82, 2.24) is 9.62 Å². The summed E-state index contributed by atoms with van der Waals surface area (Å²) in [6.07, 6.45) is 10.00. The molecule has 1 spiro atoms. The number of allylic oxidation sites excluding steroid dienone is 1. The number of fused-ring (bicyclic) bond motifs is 4. The molecule has 8 nitrogen and oxygen atoms in total. The number of hydrogen-bond acceptors (Lipinski definition) is 7. The maximum Gasteiger partial charge on any atom is 0.264 e. The van der Waals surface area contributed by atoms with Crippen LogP contribution in [-0.4, -0.2) is 68.9 Å². The predicted octanol–water partition coefficient (Wildman–Crippen LogP) is 6.61. The summed E-state index contributed by atoms with van der Waals surface area (Å²) in [5.41, 5.74) is 2.98. The van der Waals surface area contributed by atoms with Crippen LogP contribution in [0.25, 0.3) is 0 Å². The van der Waals surface area contributed by atoms with Crippen LogP contribution in [0, 0.1) is 17.8 Å². The Labute approximate surface area is 285 Å².